The van der Waals surface area contributed by atoms with Crippen LogP contribution in [-0.4, -0.2) is 14.5 Å². The fourth-order valence-electron chi connectivity index (χ4n) is 1.26. The summed E-state index contributed by atoms with van der Waals surface area (Å²) in [4.78, 5) is 8.19. The quantitative estimate of drug-likeness (QED) is 0.737. The fraction of sp³-hybridized carbons (Fsp3) is 0.100. The Morgan fingerprint density at radius 2 is 2.27 bits per heavy atom. The molecule has 2 rings (SSSR count). The van der Waals surface area contributed by atoms with Gasteiger partial charge in [0.15, 0.2) is 0 Å². The summed E-state index contributed by atoms with van der Waals surface area (Å²) < 4.78 is 1.77. The molecule has 0 aliphatic heterocycles. The first-order valence-electron chi connectivity index (χ1n) is 4.29. The van der Waals surface area contributed by atoms with Crippen LogP contribution in [0, 0.1) is 18.3 Å². The molecule has 5 heteroatoms. The molecule has 0 N–H and O–H groups in total. The number of hydrogen-bond acceptors (Lipinski definition) is 3. The molecule has 2 aromatic rings. The van der Waals surface area contributed by atoms with Crippen LogP contribution in [0.15, 0.2) is 24.5 Å². The zero-order valence-corrected chi connectivity index (χ0v) is 8.73. The molecule has 0 aliphatic rings. The standard InChI is InChI=1S/C10H7ClN4/c1-7-14-9(11)6-15(7)10-3-2-8(4-12)5-13-10/h2-3,5-6H,1H3. The number of halogens is 1. The van der Waals surface area contributed by atoms with E-state index in [0.717, 1.165) is 5.82 Å². The molecule has 0 saturated heterocycles. The van der Waals surface area contributed by atoms with Crippen molar-refractivity contribution >= 4 is 11.6 Å². The molecule has 0 radical (unpaired) electrons. The lowest BCUT2D eigenvalue weighted by Crippen LogP contribution is -1.98. The van der Waals surface area contributed by atoms with Crippen LogP contribution in [0.2, 0.25) is 5.15 Å². The van der Waals surface area contributed by atoms with Gasteiger partial charge >= 0.3 is 0 Å². The van der Waals surface area contributed by atoms with E-state index in [2.05, 4.69) is 9.97 Å². The molecule has 2 heterocycles. The minimum absolute atomic E-state index is 0.429. The van der Waals surface area contributed by atoms with Gasteiger partial charge in [0.25, 0.3) is 0 Å². The summed E-state index contributed by atoms with van der Waals surface area (Å²) in [7, 11) is 0. The first-order valence-corrected chi connectivity index (χ1v) is 4.66. The number of aryl methyl sites for hydroxylation is 1. The zero-order chi connectivity index (χ0) is 10.8. The Morgan fingerprint density at radius 1 is 1.47 bits per heavy atom. The number of rotatable bonds is 1. The van der Waals surface area contributed by atoms with Gasteiger partial charge in [-0.1, -0.05) is 11.6 Å². The Kier molecular flexibility index (Phi) is 2.40. The Labute approximate surface area is 91.8 Å². The predicted octanol–water partition coefficient (Wildman–Crippen LogP) is 2.10. The van der Waals surface area contributed by atoms with E-state index in [1.54, 1.807) is 22.9 Å². The maximum atomic E-state index is 8.63. The normalized spacial score (nSPS) is 9.93. The van der Waals surface area contributed by atoms with Gasteiger partial charge in [0.2, 0.25) is 0 Å². The monoisotopic (exact) mass is 218 g/mol. The molecule has 15 heavy (non-hydrogen) atoms. The minimum atomic E-state index is 0.429. The van der Waals surface area contributed by atoms with E-state index >= 15 is 0 Å². The van der Waals surface area contributed by atoms with Crippen molar-refractivity contribution in [3.8, 4) is 11.9 Å². The summed E-state index contributed by atoms with van der Waals surface area (Å²) in [5, 5.41) is 9.06. The molecule has 0 aromatic carbocycles. The van der Waals surface area contributed by atoms with Crippen LogP contribution in [0.4, 0.5) is 0 Å². The molecule has 0 bridgehead atoms. The van der Waals surface area contributed by atoms with Crippen LogP contribution in [0.1, 0.15) is 11.4 Å². The van der Waals surface area contributed by atoms with E-state index in [-0.39, 0.29) is 0 Å². The van der Waals surface area contributed by atoms with Crippen molar-refractivity contribution in [2.75, 3.05) is 0 Å². The average Bonchev–Trinajstić information content (AvgIpc) is 2.58. The van der Waals surface area contributed by atoms with Crippen molar-refractivity contribution in [2.45, 2.75) is 6.92 Å². The Morgan fingerprint density at radius 3 is 2.73 bits per heavy atom. The SMILES string of the molecule is Cc1nc(Cl)cn1-c1ccc(C#N)cn1. The van der Waals surface area contributed by atoms with Gasteiger partial charge in [0.1, 0.15) is 22.9 Å². The zero-order valence-electron chi connectivity index (χ0n) is 7.98. The summed E-state index contributed by atoms with van der Waals surface area (Å²) in [5.74, 6) is 1.46. The Hall–Kier alpha value is -1.86. The molecule has 4 nitrogen and oxygen atoms in total. The van der Waals surface area contributed by atoms with Crippen LogP contribution >= 0.6 is 11.6 Å². The molecule has 0 unspecified atom stereocenters. The van der Waals surface area contributed by atoms with E-state index in [0.29, 0.717) is 16.5 Å². The van der Waals surface area contributed by atoms with E-state index in [1.165, 1.54) is 6.20 Å². The highest BCUT2D eigenvalue weighted by Crippen LogP contribution is 2.13. The lowest BCUT2D eigenvalue weighted by molar-refractivity contribution is 0.932. The van der Waals surface area contributed by atoms with Crippen molar-refractivity contribution in [2.24, 2.45) is 0 Å². The third-order valence-corrected chi connectivity index (χ3v) is 2.16. The van der Waals surface area contributed by atoms with Gasteiger partial charge in [-0.05, 0) is 19.1 Å². The molecular formula is C10H7ClN4. The van der Waals surface area contributed by atoms with E-state index in [4.69, 9.17) is 16.9 Å². The molecule has 74 valence electrons. The van der Waals surface area contributed by atoms with E-state index in [1.807, 2.05) is 13.0 Å². The lowest BCUT2D eigenvalue weighted by Gasteiger charge is -2.02. The summed E-state index contributed by atoms with van der Waals surface area (Å²) in [6.07, 6.45) is 3.20. The molecule has 2 aromatic heterocycles. The van der Waals surface area contributed by atoms with Crippen LogP contribution in [-0.2, 0) is 0 Å². The highest BCUT2D eigenvalue weighted by molar-refractivity contribution is 6.29. The highest BCUT2D eigenvalue weighted by Gasteiger charge is 2.04. The summed E-state index contributed by atoms with van der Waals surface area (Å²) in [5.41, 5.74) is 0.530. The number of nitrogens with zero attached hydrogens (tertiary/aromatic N) is 4. The Balaban J connectivity index is 2.46. The van der Waals surface area contributed by atoms with E-state index in [9.17, 15) is 0 Å². The van der Waals surface area contributed by atoms with Gasteiger partial charge in [-0.15, -0.1) is 0 Å². The number of aromatic nitrogens is 3. The summed E-state index contributed by atoms with van der Waals surface area (Å²) in [6, 6.07) is 5.47. The lowest BCUT2D eigenvalue weighted by atomic mass is 10.3. The fourth-order valence-corrected chi connectivity index (χ4v) is 1.48. The second kappa shape index (κ2) is 3.71. The third-order valence-electron chi connectivity index (χ3n) is 1.98. The Bertz CT molecular complexity index is 521. The maximum Gasteiger partial charge on any atom is 0.147 e. The smallest absolute Gasteiger partial charge is 0.147 e. The number of nitriles is 1. The van der Waals surface area contributed by atoms with Crippen LogP contribution in [0.25, 0.3) is 5.82 Å². The van der Waals surface area contributed by atoms with Crippen molar-refractivity contribution < 1.29 is 0 Å². The maximum absolute atomic E-state index is 8.63. The second-order valence-electron chi connectivity index (χ2n) is 3.00. The number of hydrogen-bond donors (Lipinski definition) is 0. The molecule has 0 amide bonds. The van der Waals surface area contributed by atoms with Gasteiger partial charge in [-0.25, -0.2) is 9.97 Å². The predicted molar refractivity (Wildman–Crippen MR) is 55.8 cm³/mol. The third kappa shape index (κ3) is 1.83. The van der Waals surface area contributed by atoms with Crippen molar-refractivity contribution in [1.82, 2.24) is 14.5 Å². The van der Waals surface area contributed by atoms with Crippen LogP contribution in [0.5, 0.6) is 0 Å². The summed E-state index contributed by atoms with van der Waals surface area (Å²) in [6.45, 7) is 1.84. The molecule has 0 saturated carbocycles. The molecular weight excluding hydrogens is 212 g/mol. The number of pyridine rings is 1. The molecule has 0 aliphatic carbocycles. The molecule has 0 spiro atoms. The van der Waals surface area contributed by atoms with Crippen molar-refractivity contribution in [3.63, 3.8) is 0 Å². The van der Waals surface area contributed by atoms with Crippen molar-refractivity contribution in [1.29, 1.82) is 5.26 Å². The first kappa shape index (κ1) is 9.69. The second-order valence-corrected chi connectivity index (χ2v) is 3.38. The van der Waals surface area contributed by atoms with Crippen LogP contribution < -0.4 is 0 Å². The molecule has 0 atom stereocenters. The minimum Gasteiger partial charge on any atom is -0.287 e. The largest absolute Gasteiger partial charge is 0.287 e. The van der Waals surface area contributed by atoms with Gasteiger partial charge in [0.05, 0.1) is 5.56 Å². The first-order chi connectivity index (χ1) is 7.20. The average molecular weight is 219 g/mol. The topological polar surface area (TPSA) is 54.5 Å². The van der Waals surface area contributed by atoms with Gasteiger partial charge in [-0.2, -0.15) is 5.26 Å². The van der Waals surface area contributed by atoms with Crippen LogP contribution in [0.3, 0.4) is 0 Å². The van der Waals surface area contributed by atoms with Gasteiger partial charge in [0, 0.05) is 12.4 Å². The number of imidazole rings is 1. The molecule has 0 fully saturated rings. The summed E-state index contributed by atoms with van der Waals surface area (Å²) >= 11 is 5.76. The van der Waals surface area contributed by atoms with Gasteiger partial charge < -0.3 is 0 Å². The van der Waals surface area contributed by atoms with E-state index < -0.39 is 0 Å². The van der Waals surface area contributed by atoms with Gasteiger partial charge in [-0.3, -0.25) is 4.57 Å². The highest BCUT2D eigenvalue weighted by atomic mass is 35.5. The van der Waals surface area contributed by atoms with Crippen molar-refractivity contribution in [3.05, 3.63) is 41.1 Å².